The third kappa shape index (κ3) is 3.85. The molecule has 1 N–H and O–H groups in total. The number of aryl methyl sites for hydroxylation is 2. The summed E-state index contributed by atoms with van der Waals surface area (Å²) in [6.07, 6.45) is 0.945. The summed E-state index contributed by atoms with van der Waals surface area (Å²) in [7, 11) is 0. The Morgan fingerprint density at radius 3 is 2.63 bits per heavy atom. The first kappa shape index (κ1) is 14.2. The Balaban J connectivity index is 2.05. The highest BCUT2D eigenvalue weighted by Gasteiger charge is 2.07. The van der Waals surface area contributed by atoms with Crippen molar-refractivity contribution in [1.82, 2.24) is 15.5 Å². The normalized spacial score (nSPS) is 11.2. The summed E-state index contributed by atoms with van der Waals surface area (Å²) in [5.41, 5.74) is 3.79. The summed E-state index contributed by atoms with van der Waals surface area (Å²) in [4.78, 5) is 0. The molecule has 2 rings (SSSR count). The molecular weight excluding hydrogens is 254 g/mol. The van der Waals surface area contributed by atoms with E-state index in [1.54, 1.807) is 11.3 Å². The summed E-state index contributed by atoms with van der Waals surface area (Å²) >= 11 is 1.69. The zero-order chi connectivity index (χ0) is 13.8. The van der Waals surface area contributed by atoms with Crippen LogP contribution in [0.25, 0.3) is 10.6 Å². The van der Waals surface area contributed by atoms with Gasteiger partial charge in [-0.05, 0) is 31.0 Å². The zero-order valence-electron chi connectivity index (χ0n) is 12.0. The van der Waals surface area contributed by atoms with Crippen molar-refractivity contribution >= 4 is 11.3 Å². The van der Waals surface area contributed by atoms with E-state index in [1.165, 1.54) is 16.7 Å². The van der Waals surface area contributed by atoms with Gasteiger partial charge in [0.2, 0.25) is 0 Å². The Morgan fingerprint density at radius 1 is 1.16 bits per heavy atom. The maximum absolute atomic E-state index is 4.30. The van der Waals surface area contributed by atoms with Gasteiger partial charge >= 0.3 is 0 Å². The molecule has 0 unspecified atom stereocenters. The van der Waals surface area contributed by atoms with E-state index in [2.05, 4.69) is 61.4 Å². The minimum atomic E-state index is 0.520. The molecule has 0 atom stereocenters. The zero-order valence-corrected chi connectivity index (χ0v) is 12.8. The van der Waals surface area contributed by atoms with E-state index in [1.807, 2.05) is 0 Å². The minimum absolute atomic E-state index is 0.520. The topological polar surface area (TPSA) is 37.8 Å². The number of aromatic nitrogens is 2. The second-order valence-electron chi connectivity index (χ2n) is 5.16. The third-order valence-electron chi connectivity index (χ3n) is 3.11. The van der Waals surface area contributed by atoms with Crippen LogP contribution in [0.2, 0.25) is 0 Å². The van der Waals surface area contributed by atoms with Crippen molar-refractivity contribution in [1.29, 1.82) is 0 Å². The van der Waals surface area contributed by atoms with Crippen molar-refractivity contribution in [2.45, 2.75) is 40.2 Å². The fraction of sp³-hybridized carbons (Fsp3) is 0.467. The SMILES string of the molecule is Cc1ccc(-c2nnc(CCNC(C)C)s2)cc1C. The van der Waals surface area contributed by atoms with Crippen molar-refractivity contribution in [3.8, 4) is 10.6 Å². The van der Waals surface area contributed by atoms with Gasteiger partial charge in [0, 0.05) is 24.6 Å². The van der Waals surface area contributed by atoms with Crippen LogP contribution in [0.4, 0.5) is 0 Å². The number of nitrogens with one attached hydrogen (secondary N) is 1. The van der Waals surface area contributed by atoms with Crippen LogP contribution < -0.4 is 5.32 Å². The third-order valence-corrected chi connectivity index (χ3v) is 4.14. The monoisotopic (exact) mass is 275 g/mol. The molecule has 102 valence electrons. The van der Waals surface area contributed by atoms with E-state index in [-0.39, 0.29) is 0 Å². The Kier molecular flexibility index (Phi) is 4.66. The van der Waals surface area contributed by atoms with Crippen LogP contribution in [0.1, 0.15) is 30.0 Å². The van der Waals surface area contributed by atoms with Gasteiger partial charge < -0.3 is 5.32 Å². The first-order valence-electron chi connectivity index (χ1n) is 6.69. The molecule has 2 aromatic rings. The molecule has 0 fully saturated rings. The molecule has 4 heteroatoms. The molecule has 0 amide bonds. The summed E-state index contributed by atoms with van der Waals surface area (Å²) in [5, 5.41) is 14.1. The molecule has 0 radical (unpaired) electrons. The number of hydrogen-bond donors (Lipinski definition) is 1. The highest BCUT2D eigenvalue weighted by Crippen LogP contribution is 2.25. The van der Waals surface area contributed by atoms with Crippen LogP contribution >= 0.6 is 11.3 Å². The van der Waals surface area contributed by atoms with Crippen molar-refractivity contribution in [2.75, 3.05) is 6.54 Å². The number of nitrogens with zero attached hydrogens (tertiary/aromatic N) is 2. The quantitative estimate of drug-likeness (QED) is 0.909. The van der Waals surface area contributed by atoms with E-state index in [0.717, 1.165) is 23.0 Å². The number of benzene rings is 1. The molecule has 0 aliphatic rings. The average Bonchev–Trinajstić information content (AvgIpc) is 2.81. The first-order chi connectivity index (χ1) is 9.06. The van der Waals surface area contributed by atoms with E-state index < -0.39 is 0 Å². The predicted octanol–water partition coefficient (Wildman–Crippen LogP) is 3.36. The van der Waals surface area contributed by atoms with Crippen molar-refractivity contribution < 1.29 is 0 Å². The van der Waals surface area contributed by atoms with Crippen molar-refractivity contribution in [2.24, 2.45) is 0 Å². The summed E-state index contributed by atoms with van der Waals surface area (Å²) in [5.74, 6) is 0. The Morgan fingerprint density at radius 2 is 1.95 bits per heavy atom. The van der Waals surface area contributed by atoms with Crippen LogP contribution in [-0.4, -0.2) is 22.8 Å². The van der Waals surface area contributed by atoms with Gasteiger partial charge in [-0.2, -0.15) is 0 Å². The van der Waals surface area contributed by atoms with Gasteiger partial charge in [-0.15, -0.1) is 10.2 Å². The van der Waals surface area contributed by atoms with E-state index in [0.29, 0.717) is 6.04 Å². The molecule has 0 aliphatic heterocycles. The van der Waals surface area contributed by atoms with Crippen molar-refractivity contribution in [3.05, 3.63) is 34.3 Å². The minimum Gasteiger partial charge on any atom is -0.314 e. The van der Waals surface area contributed by atoms with Gasteiger partial charge in [0.05, 0.1) is 0 Å². The smallest absolute Gasteiger partial charge is 0.147 e. The second-order valence-corrected chi connectivity index (χ2v) is 6.22. The molecule has 1 aromatic heterocycles. The largest absolute Gasteiger partial charge is 0.314 e. The molecule has 0 aliphatic carbocycles. The average molecular weight is 275 g/mol. The van der Waals surface area contributed by atoms with Gasteiger partial charge in [0.15, 0.2) is 0 Å². The van der Waals surface area contributed by atoms with Gasteiger partial charge in [0.25, 0.3) is 0 Å². The Bertz CT molecular complexity index is 546. The summed E-state index contributed by atoms with van der Waals surface area (Å²) in [6, 6.07) is 6.98. The summed E-state index contributed by atoms with van der Waals surface area (Å²) in [6.45, 7) is 9.52. The lowest BCUT2D eigenvalue weighted by molar-refractivity contribution is 0.588. The van der Waals surface area contributed by atoms with E-state index in [4.69, 9.17) is 0 Å². The molecule has 0 saturated carbocycles. The highest BCUT2D eigenvalue weighted by molar-refractivity contribution is 7.14. The second kappa shape index (κ2) is 6.26. The van der Waals surface area contributed by atoms with Gasteiger partial charge in [-0.3, -0.25) is 0 Å². The predicted molar refractivity (Wildman–Crippen MR) is 81.7 cm³/mol. The number of hydrogen-bond acceptors (Lipinski definition) is 4. The number of rotatable bonds is 5. The first-order valence-corrected chi connectivity index (χ1v) is 7.51. The van der Waals surface area contributed by atoms with Gasteiger partial charge in [-0.25, -0.2) is 0 Å². The molecule has 1 aromatic carbocycles. The molecular formula is C15H21N3S. The fourth-order valence-corrected chi connectivity index (χ4v) is 2.65. The van der Waals surface area contributed by atoms with Crippen LogP contribution in [0.15, 0.2) is 18.2 Å². The Labute approximate surface area is 119 Å². The molecule has 1 heterocycles. The van der Waals surface area contributed by atoms with Crippen molar-refractivity contribution in [3.63, 3.8) is 0 Å². The fourth-order valence-electron chi connectivity index (χ4n) is 1.81. The van der Waals surface area contributed by atoms with Crippen LogP contribution in [0, 0.1) is 13.8 Å². The van der Waals surface area contributed by atoms with Gasteiger partial charge in [-0.1, -0.05) is 37.3 Å². The molecule has 0 spiro atoms. The van der Waals surface area contributed by atoms with Crippen LogP contribution in [0.5, 0.6) is 0 Å². The summed E-state index contributed by atoms with van der Waals surface area (Å²) < 4.78 is 0. The molecule has 3 nitrogen and oxygen atoms in total. The standard InChI is InChI=1S/C15H21N3S/c1-10(2)16-8-7-14-17-18-15(19-14)13-6-5-11(3)12(4)9-13/h5-6,9-10,16H,7-8H2,1-4H3. The lowest BCUT2D eigenvalue weighted by Crippen LogP contribution is -2.24. The maximum atomic E-state index is 4.30. The van der Waals surface area contributed by atoms with Gasteiger partial charge in [0.1, 0.15) is 10.0 Å². The van der Waals surface area contributed by atoms with E-state index >= 15 is 0 Å². The maximum Gasteiger partial charge on any atom is 0.147 e. The molecule has 0 saturated heterocycles. The lowest BCUT2D eigenvalue weighted by atomic mass is 10.1. The van der Waals surface area contributed by atoms with Crippen LogP contribution in [-0.2, 0) is 6.42 Å². The van der Waals surface area contributed by atoms with Crippen LogP contribution in [0.3, 0.4) is 0 Å². The van der Waals surface area contributed by atoms with E-state index in [9.17, 15) is 0 Å². The lowest BCUT2D eigenvalue weighted by Gasteiger charge is -2.05. The molecule has 19 heavy (non-hydrogen) atoms. The molecule has 0 bridgehead atoms. The highest BCUT2D eigenvalue weighted by atomic mass is 32.1. The Hall–Kier alpha value is -1.26.